The molecule has 0 unspecified atom stereocenters. The van der Waals surface area contributed by atoms with Crippen LogP contribution in [0.5, 0.6) is 23.0 Å². The number of nitriles is 1. The van der Waals surface area contributed by atoms with E-state index in [0.717, 1.165) is 57.4 Å². The first-order chi connectivity index (χ1) is 20.2. The van der Waals surface area contributed by atoms with Crippen molar-refractivity contribution in [2.75, 3.05) is 71.2 Å². The van der Waals surface area contributed by atoms with Crippen molar-refractivity contribution in [3.05, 3.63) is 35.6 Å². The van der Waals surface area contributed by atoms with E-state index in [4.69, 9.17) is 40.5 Å². The molecule has 4 heterocycles. The average molecular weight is 581 g/mol. The summed E-state index contributed by atoms with van der Waals surface area (Å²) in [4.78, 5) is 13.7. The van der Waals surface area contributed by atoms with Crippen molar-refractivity contribution in [1.29, 1.82) is 5.26 Å². The van der Waals surface area contributed by atoms with Gasteiger partial charge >= 0.3 is 0 Å². The van der Waals surface area contributed by atoms with Crippen LogP contribution in [0, 0.1) is 11.3 Å². The highest BCUT2D eigenvalue weighted by molar-refractivity contribution is 6.34. The first kappa shape index (κ1) is 27.6. The maximum atomic E-state index is 8.91. The molecule has 1 N–H and O–H groups in total. The molecule has 11 nitrogen and oxygen atoms in total. The molecule has 0 atom stereocenters. The van der Waals surface area contributed by atoms with E-state index in [1.807, 2.05) is 12.1 Å². The SMILES string of the molecule is N#CCN1CCN(CCCOc2cc(OC3CCOCC3)c3c(Nc4c(Cl)ccc5c4OCO5)ncnc3c2)CC1. The zero-order valence-corrected chi connectivity index (χ0v) is 23.6. The molecule has 0 spiro atoms. The first-order valence-corrected chi connectivity index (χ1v) is 14.4. The van der Waals surface area contributed by atoms with Gasteiger partial charge < -0.3 is 33.9 Å². The zero-order valence-electron chi connectivity index (χ0n) is 22.8. The Balaban J connectivity index is 1.20. The predicted octanol–water partition coefficient (Wildman–Crippen LogP) is 4.22. The van der Waals surface area contributed by atoms with E-state index in [1.165, 1.54) is 6.33 Å². The summed E-state index contributed by atoms with van der Waals surface area (Å²) in [6.45, 7) is 7.27. The van der Waals surface area contributed by atoms with Crippen LogP contribution in [0.3, 0.4) is 0 Å². The monoisotopic (exact) mass is 580 g/mol. The number of benzene rings is 2. The predicted molar refractivity (Wildman–Crippen MR) is 153 cm³/mol. The topological polar surface area (TPSA) is 114 Å². The Morgan fingerprint density at radius 1 is 1.07 bits per heavy atom. The Morgan fingerprint density at radius 2 is 1.90 bits per heavy atom. The highest BCUT2D eigenvalue weighted by Gasteiger charge is 2.24. The Bertz CT molecular complexity index is 1400. The molecule has 3 aliphatic rings. The van der Waals surface area contributed by atoms with Gasteiger partial charge in [0.1, 0.15) is 35.4 Å². The summed E-state index contributed by atoms with van der Waals surface area (Å²) in [6, 6.07) is 9.61. The van der Waals surface area contributed by atoms with E-state index >= 15 is 0 Å². The van der Waals surface area contributed by atoms with Crippen LogP contribution >= 0.6 is 11.6 Å². The van der Waals surface area contributed by atoms with Gasteiger partial charge in [0.25, 0.3) is 0 Å². The minimum absolute atomic E-state index is 0.0104. The number of hydrogen-bond acceptors (Lipinski definition) is 11. The molecular formula is C29H33ClN6O5. The first-order valence-electron chi connectivity index (χ1n) is 14.0. The van der Waals surface area contributed by atoms with Gasteiger partial charge in [0.05, 0.1) is 48.4 Å². The third-order valence-corrected chi connectivity index (χ3v) is 7.83. The lowest BCUT2D eigenvalue weighted by Crippen LogP contribution is -2.46. The third kappa shape index (κ3) is 6.52. The van der Waals surface area contributed by atoms with Crippen LogP contribution in [-0.2, 0) is 4.74 Å². The molecule has 216 valence electrons. The lowest BCUT2D eigenvalue weighted by molar-refractivity contribution is 0.0261. The summed E-state index contributed by atoms with van der Waals surface area (Å²) in [7, 11) is 0. The van der Waals surface area contributed by atoms with Gasteiger partial charge in [-0.1, -0.05) is 11.6 Å². The minimum atomic E-state index is 0.0104. The van der Waals surface area contributed by atoms with Gasteiger partial charge in [0, 0.05) is 57.7 Å². The van der Waals surface area contributed by atoms with Crippen molar-refractivity contribution >= 4 is 34.0 Å². The number of ether oxygens (including phenoxy) is 5. The van der Waals surface area contributed by atoms with E-state index in [2.05, 4.69) is 31.2 Å². The number of nitrogens with one attached hydrogen (secondary N) is 1. The summed E-state index contributed by atoms with van der Waals surface area (Å²) >= 11 is 6.55. The minimum Gasteiger partial charge on any atom is -0.493 e. The molecule has 3 aromatic rings. The lowest BCUT2D eigenvalue weighted by atomic mass is 10.1. The number of halogens is 1. The van der Waals surface area contributed by atoms with Crippen molar-refractivity contribution in [3.63, 3.8) is 0 Å². The molecule has 12 heteroatoms. The molecule has 3 aliphatic heterocycles. The van der Waals surface area contributed by atoms with Crippen molar-refractivity contribution < 1.29 is 23.7 Å². The van der Waals surface area contributed by atoms with Gasteiger partial charge in [-0.25, -0.2) is 9.97 Å². The van der Waals surface area contributed by atoms with Crippen LogP contribution in [0.25, 0.3) is 10.9 Å². The summed E-state index contributed by atoms with van der Waals surface area (Å²) < 4.78 is 29.5. The van der Waals surface area contributed by atoms with Crippen LogP contribution in [0.4, 0.5) is 11.5 Å². The van der Waals surface area contributed by atoms with Crippen LogP contribution < -0.4 is 24.3 Å². The number of fused-ring (bicyclic) bond motifs is 2. The summed E-state index contributed by atoms with van der Waals surface area (Å²) in [5.74, 6) is 3.04. The van der Waals surface area contributed by atoms with Crippen molar-refractivity contribution in [1.82, 2.24) is 19.8 Å². The molecule has 0 aliphatic carbocycles. The molecule has 0 radical (unpaired) electrons. The lowest BCUT2D eigenvalue weighted by Gasteiger charge is -2.33. The number of aromatic nitrogens is 2. The second kappa shape index (κ2) is 13.0. The Kier molecular flexibility index (Phi) is 8.72. The Morgan fingerprint density at radius 3 is 2.73 bits per heavy atom. The molecule has 2 fully saturated rings. The maximum absolute atomic E-state index is 8.91. The third-order valence-electron chi connectivity index (χ3n) is 7.52. The van der Waals surface area contributed by atoms with E-state index in [0.29, 0.717) is 71.4 Å². The highest BCUT2D eigenvalue weighted by Crippen LogP contribution is 2.46. The summed E-state index contributed by atoms with van der Waals surface area (Å²) in [5, 5.41) is 13.5. The molecule has 2 saturated heterocycles. The average Bonchev–Trinajstić information content (AvgIpc) is 3.48. The molecule has 6 rings (SSSR count). The number of piperazine rings is 1. The summed E-state index contributed by atoms with van der Waals surface area (Å²) in [5.41, 5.74) is 1.27. The Labute approximate surface area is 243 Å². The maximum Gasteiger partial charge on any atom is 0.231 e. The van der Waals surface area contributed by atoms with Crippen molar-refractivity contribution in [2.24, 2.45) is 0 Å². The Hall–Kier alpha value is -3.56. The zero-order chi connectivity index (χ0) is 28.0. The van der Waals surface area contributed by atoms with E-state index < -0.39 is 0 Å². The molecule has 0 bridgehead atoms. The van der Waals surface area contributed by atoms with Crippen LogP contribution in [0.15, 0.2) is 30.6 Å². The van der Waals surface area contributed by atoms with Gasteiger partial charge in [-0.05, 0) is 18.6 Å². The molecule has 41 heavy (non-hydrogen) atoms. The molecule has 0 amide bonds. The van der Waals surface area contributed by atoms with Crippen molar-refractivity contribution in [2.45, 2.75) is 25.4 Å². The standard InChI is InChI=1S/C29H33ClN6O5/c30-22-2-3-24-28(40-19-39-24)27(22)34-29-26-23(32-18-33-29)16-21(17-25(26)41-20-4-14-37-15-5-20)38-13-1-7-35-9-11-36(8-6-31)12-10-35/h2-3,16-18,20H,1,4-5,7-15,19H2,(H,32,33,34). The van der Waals surface area contributed by atoms with Gasteiger partial charge in [-0.3, -0.25) is 4.90 Å². The van der Waals surface area contributed by atoms with Crippen LogP contribution in [0.2, 0.25) is 5.02 Å². The van der Waals surface area contributed by atoms with Crippen LogP contribution in [0.1, 0.15) is 19.3 Å². The molecule has 0 saturated carbocycles. The fraction of sp³-hybridized carbons (Fsp3) is 0.483. The van der Waals surface area contributed by atoms with Crippen LogP contribution in [-0.4, -0.2) is 91.8 Å². The van der Waals surface area contributed by atoms with Gasteiger partial charge in [0.15, 0.2) is 11.5 Å². The fourth-order valence-electron chi connectivity index (χ4n) is 5.31. The number of rotatable bonds is 10. The number of anilines is 2. The largest absolute Gasteiger partial charge is 0.493 e. The second-order valence-corrected chi connectivity index (χ2v) is 10.6. The molecule has 1 aromatic heterocycles. The molecule has 2 aromatic carbocycles. The van der Waals surface area contributed by atoms with Gasteiger partial charge in [-0.15, -0.1) is 0 Å². The van der Waals surface area contributed by atoms with Gasteiger partial charge in [-0.2, -0.15) is 5.26 Å². The number of nitrogens with zero attached hydrogens (tertiary/aromatic N) is 5. The van der Waals surface area contributed by atoms with E-state index in [1.54, 1.807) is 12.1 Å². The molecular weight excluding hydrogens is 548 g/mol. The fourth-order valence-corrected chi connectivity index (χ4v) is 5.50. The number of hydrogen-bond donors (Lipinski definition) is 1. The summed E-state index contributed by atoms with van der Waals surface area (Å²) in [6.07, 6.45) is 4.01. The van der Waals surface area contributed by atoms with E-state index in [-0.39, 0.29) is 12.9 Å². The van der Waals surface area contributed by atoms with Crippen molar-refractivity contribution in [3.8, 4) is 29.1 Å². The quantitative estimate of drug-likeness (QED) is 0.274. The second-order valence-electron chi connectivity index (χ2n) is 10.2. The van der Waals surface area contributed by atoms with Gasteiger partial charge in [0.2, 0.25) is 6.79 Å². The normalized spacial score (nSPS) is 17.9. The highest BCUT2D eigenvalue weighted by atomic mass is 35.5. The van der Waals surface area contributed by atoms with E-state index in [9.17, 15) is 0 Å². The smallest absolute Gasteiger partial charge is 0.231 e.